The van der Waals surface area contributed by atoms with Gasteiger partial charge in [0.05, 0.1) is 11.7 Å². The van der Waals surface area contributed by atoms with E-state index in [0.717, 1.165) is 63.9 Å². The van der Waals surface area contributed by atoms with Gasteiger partial charge in [0, 0.05) is 70.4 Å². The minimum absolute atomic E-state index is 0.0802. The van der Waals surface area contributed by atoms with Gasteiger partial charge in [0.25, 0.3) is 0 Å². The lowest BCUT2D eigenvalue weighted by Crippen LogP contribution is -2.57. The molecular weight excluding hydrogens is 364 g/mol. The predicted octanol–water partition coefficient (Wildman–Crippen LogP) is 1.64. The van der Waals surface area contributed by atoms with Gasteiger partial charge < -0.3 is 14.7 Å². The van der Waals surface area contributed by atoms with Crippen LogP contribution in [-0.2, 0) is 4.79 Å². The number of amides is 1. The number of para-hydroxylation sites is 1. The Morgan fingerprint density at radius 2 is 1.48 bits per heavy atom. The first-order valence-corrected chi connectivity index (χ1v) is 10.5. The first-order chi connectivity index (χ1) is 14.1. The van der Waals surface area contributed by atoms with Crippen molar-refractivity contribution in [2.45, 2.75) is 19.9 Å². The Labute approximate surface area is 172 Å². The van der Waals surface area contributed by atoms with Crippen LogP contribution in [0.15, 0.2) is 42.7 Å². The molecule has 0 bridgehead atoms. The number of nitrogens with zero attached hydrogens (tertiary/aromatic N) is 6. The second-order valence-electron chi connectivity index (χ2n) is 7.81. The summed E-state index contributed by atoms with van der Waals surface area (Å²) < 4.78 is 0. The van der Waals surface area contributed by atoms with Crippen LogP contribution in [0.4, 0.5) is 11.5 Å². The number of hydrogen-bond donors (Lipinski definition) is 0. The number of rotatable bonds is 4. The maximum Gasteiger partial charge on any atom is 0.239 e. The van der Waals surface area contributed by atoms with E-state index in [0.29, 0.717) is 0 Å². The van der Waals surface area contributed by atoms with Crippen molar-refractivity contribution in [1.82, 2.24) is 19.8 Å². The van der Waals surface area contributed by atoms with Crippen molar-refractivity contribution in [1.29, 1.82) is 0 Å². The maximum absolute atomic E-state index is 13.1. The Kier molecular flexibility index (Phi) is 5.94. The number of carbonyl (C=O) groups is 1. The van der Waals surface area contributed by atoms with Gasteiger partial charge in [-0.1, -0.05) is 18.2 Å². The SMILES string of the molecule is Cc1nccnc1N1CCN(C(C)C(=O)N2CCN(c3ccccc3)CC2)CC1. The number of anilines is 2. The van der Waals surface area contributed by atoms with Crippen LogP contribution in [0.1, 0.15) is 12.6 Å². The molecule has 7 heteroatoms. The molecule has 3 heterocycles. The van der Waals surface area contributed by atoms with Crippen molar-refractivity contribution in [2.75, 3.05) is 62.2 Å². The van der Waals surface area contributed by atoms with E-state index < -0.39 is 0 Å². The lowest BCUT2D eigenvalue weighted by atomic mass is 10.1. The van der Waals surface area contributed by atoms with Crippen molar-refractivity contribution >= 4 is 17.4 Å². The van der Waals surface area contributed by atoms with E-state index in [9.17, 15) is 4.79 Å². The van der Waals surface area contributed by atoms with Crippen LogP contribution in [0, 0.1) is 6.92 Å². The fourth-order valence-electron chi connectivity index (χ4n) is 4.28. The maximum atomic E-state index is 13.1. The third-order valence-electron chi connectivity index (χ3n) is 6.09. The molecule has 2 aliphatic heterocycles. The summed E-state index contributed by atoms with van der Waals surface area (Å²) in [4.78, 5) is 30.9. The fraction of sp³-hybridized carbons (Fsp3) is 0.500. The van der Waals surface area contributed by atoms with Gasteiger partial charge in [0.1, 0.15) is 5.82 Å². The van der Waals surface area contributed by atoms with E-state index in [1.807, 2.05) is 17.9 Å². The number of benzene rings is 1. The van der Waals surface area contributed by atoms with E-state index in [1.165, 1.54) is 5.69 Å². The third-order valence-corrected chi connectivity index (χ3v) is 6.09. The van der Waals surface area contributed by atoms with Crippen molar-refractivity contribution < 1.29 is 4.79 Å². The van der Waals surface area contributed by atoms with Gasteiger partial charge in [0.15, 0.2) is 0 Å². The van der Waals surface area contributed by atoms with Crippen LogP contribution < -0.4 is 9.80 Å². The summed E-state index contributed by atoms with van der Waals surface area (Å²) in [5, 5.41) is 0. The van der Waals surface area contributed by atoms with Crippen LogP contribution in [0.2, 0.25) is 0 Å². The molecule has 2 aliphatic rings. The predicted molar refractivity (Wildman–Crippen MR) is 115 cm³/mol. The summed E-state index contributed by atoms with van der Waals surface area (Å²) >= 11 is 0. The first-order valence-electron chi connectivity index (χ1n) is 10.5. The fourth-order valence-corrected chi connectivity index (χ4v) is 4.28. The molecule has 2 fully saturated rings. The zero-order valence-corrected chi connectivity index (χ0v) is 17.4. The van der Waals surface area contributed by atoms with Gasteiger partial charge in [0.2, 0.25) is 5.91 Å². The number of aromatic nitrogens is 2. The molecule has 2 aromatic rings. The van der Waals surface area contributed by atoms with Crippen molar-refractivity contribution in [3.63, 3.8) is 0 Å². The third kappa shape index (κ3) is 4.34. The Balaban J connectivity index is 1.29. The van der Waals surface area contributed by atoms with E-state index in [1.54, 1.807) is 12.4 Å². The molecule has 1 aromatic heterocycles. The minimum Gasteiger partial charge on any atom is -0.368 e. The smallest absolute Gasteiger partial charge is 0.239 e. The Bertz CT molecular complexity index is 813. The van der Waals surface area contributed by atoms with Gasteiger partial charge >= 0.3 is 0 Å². The largest absolute Gasteiger partial charge is 0.368 e. The second-order valence-corrected chi connectivity index (χ2v) is 7.81. The van der Waals surface area contributed by atoms with Crippen LogP contribution in [-0.4, -0.2) is 84.1 Å². The molecule has 1 amide bonds. The monoisotopic (exact) mass is 394 g/mol. The van der Waals surface area contributed by atoms with Crippen LogP contribution in [0.5, 0.6) is 0 Å². The molecule has 154 valence electrons. The highest BCUT2D eigenvalue weighted by Gasteiger charge is 2.31. The zero-order valence-electron chi connectivity index (χ0n) is 17.4. The summed E-state index contributed by atoms with van der Waals surface area (Å²) in [6, 6.07) is 10.4. The van der Waals surface area contributed by atoms with Crippen LogP contribution in [0.3, 0.4) is 0 Å². The van der Waals surface area contributed by atoms with Crippen LogP contribution >= 0.6 is 0 Å². The zero-order chi connectivity index (χ0) is 20.2. The molecule has 0 N–H and O–H groups in total. The summed E-state index contributed by atoms with van der Waals surface area (Å²) in [6.45, 7) is 10.9. The topological polar surface area (TPSA) is 55.8 Å². The molecule has 1 atom stereocenters. The molecule has 0 radical (unpaired) electrons. The van der Waals surface area contributed by atoms with Crippen molar-refractivity contribution in [3.05, 3.63) is 48.4 Å². The molecule has 1 aromatic carbocycles. The van der Waals surface area contributed by atoms with Crippen molar-refractivity contribution in [2.24, 2.45) is 0 Å². The first kappa shape index (κ1) is 19.6. The van der Waals surface area contributed by atoms with Gasteiger partial charge in [-0.15, -0.1) is 0 Å². The van der Waals surface area contributed by atoms with E-state index in [2.05, 4.69) is 55.9 Å². The molecule has 4 rings (SSSR count). The standard InChI is InChI=1S/C22H30N6O/c1-18-21(24-9-8-23-18)27-14-10-25(11-15-27)19(2)22(29)28-16-12-26(13-17-28)20-6-4-3-5-7-20/h3-9,19H,10-17H2,1-2H3. The summed E-state index contributed by atoms with van der Waals surface area (Å²) in [7, 11) is 0. The van der Waals surface area contributed by atoms with Crippen molar-refractivity contribution in [3.8, 4) is 0 Å². The van der Waals surface area contributed by atoms with Gasteiger partial charge in [-0.3, -0.25) is 14.7 Å². The number of aryl methyl sites for hydroxylation is 1. The molecule has 0 spiro atoms. The Morgan fingerprint density at radius 1 is 0.862 bits per heavy atom. The molecule has 0 aliphatic carbocycles. The molecule has 29 heavy (non-hydrogen) atoms. The lowest BCUT2D eigenvalue weighted by Gasteiger charge is -2.41. The molecule has 2 saturated heterocycles. The van der Waals surface area contributed by atoms with E-state index in [4.69, 9.17) is 0 Å². The van der Waals surface area contributed by atoms with Crippen LogP contribution in [0.25, 0.3) is 0 Å². The quantitative estimate of drug-likeness (QED) is 0.786. The van der Waals surface area contributed by atoms with Gasteiger partial charge in [-0.25, -0.2) is 4.98 Å². The van der Waals surface area contributed by atoms with Gasteiger partial charge in [-0.2, -0.15) is 0 Å². The van der Waals surface area contributed by atoms with E-state index >= 15 is 0 Å². The van der Waals surface area contributed by atoms with Gasteiger partial charge in [-0.05, 0) is 26.0 Å². The number of carbonyl (C=O) groups excluding carboxylic acids is 1. The highest BCUT2D eigenvalue weighted by Crippen LogP contribution is 2.19. The minimum atomic E-state index is -0.0802. The molecular formula is C22H30N6O. The molecule has 1 unspecified atom stereocenters. The summed E-state index contributed by atoms with van der Waals surface area (Å²) in [5.74, 6) is 1.21. The highest BCUT2D eigenvalue weighted by molar-refractivity contribution is 5.81. The molecule has 0 saturated carbocycles. The Hall–Kier alpha value is -2.67. The number of piperazine rings is 2. The summed E-state index contributed by atoms with van der Waals surface area (Å²) in [6.07, 6.45) is 3.48. The lowest BCUT2D eigenvalue weighted by molar-refractivity contribution is -0.136. The summed E-state index contributed by atoms with van der Waals surface area (Å²) in [5.41, 5.74) is 2.20. The molecule has 7 nitrogen and oxygen atoms in total. The van der Waals surface area contributed by atoms with E-state index in [-0.39, 0.29) is 11.9 Å². The second kappa shape index (κ2) is 8.78. The number of hydrogen-bond acceptors (Lipinski definition) is 6. The highest BCUT2D eigenvalue weighted by atomic mass is 16.2. The average molecular weight is 395 g/mol. The average Bonchev–Trinajstić information content (AvgIpc) is 2.79. The Morgan fingerprint density at radius 3 is 2.14 bits per heavy atom. The normalized spacial score (nSPS) is 19.3.